The standard InChI is InChI=1S/C12H16O4/c1-9(13)16-12(2)5-7-15-11(8-12)10-4-3-6-14-10/h3-4,6,11H,5,7-8H2,1-2H3. The van der Waals surface area contributed by atoms with Crippen molar-refractivity contribution in [2.24, 2.45) is 0 Å². The van der Waals surface area contributed by atoms with Crippen molar-refractivity contribution in [1.82, 2.24) is 0 Å². The third-order valence-corrected chi connectivity index (χ3v) is 2.82. The molecule has 1 fully saturated rings. The number of rotatable bonds is 2. The zero-order chi connectivity index (χ0) is 11.6. The van der Waals surface area contributed by atoms with Crippen molar-refractivity contribution >= 4 is 5.97 Å². The Kier molecular flexibility index (Phi) is 3.01. The van der Waals surface area contributed by atoms with E-state index in [4.69, 9.17) is 13.9 Å². The number of hydrogen-bond acceptors (Lipinski definition) is 4. The molecular formula is C12H16O4. The number of hydrogen-bond donors (Lipinski definition) is 0. The second-order valence-electron chi connectivity index (χ2n) is 4.37. The molecule has 4 nitrogen and oxygen atoms in total. The number of esters is 1. The van der Waals surface area contributed by atoms with Crippen LogP contribution in [-0.2, 0) is 14.3 Å². The summed E-state index contributed by atoms with van der Waals surface area (Å²) >= 11 is 0. The lowest BCUT2D eigenvalue weighted by Gasteiger charge is -2.36. The van der Waals surface area contributed by atoms with Crippen LogP contribution in [-0.4, -0.2) is 18.2 Å². The summed E-state index contributed by atoms with van der Waals surface area (Å²) < 4.78 is 16.3. The van der Waals surface area contributed by atoms with E-state index in [-0.39, 0.29) is 12.1 Å². The molecule has 1 aromatic rings. The number of carbonyl (C=O) groups excluding carboxylic acids is 1. The van der Waals surface area contributed by atoms with E-state index in [1.165, 1.54) is 6.92 Å². The Balaban J connectivity index is 2.06. The first-order chi connectivity index (χ1) is 7.59. The van der Waals surface area contributed by atoms with Gasteiger partial charge in [-0.3, -0.25) is 4.79 Å². The lowest BCUT2D eigenvalue weighted by atomic mass is 9.91. The van der Waals surface area contributed by atoms with Gasteiger partial charge in [-0.05, 0) is 19.1 Å². The lowest BCUT2D eigenvalue weighted by Crippen LogP contribution is -2.38. The Morgan fingerprint density at radius 2 is 2.44 bits per heavy atom. The zero-order valence-corrected chi connectivity index (χ0v) is 9.56. The van der Waals surface area contributed by atoms with Gasteiger partial charge in [-0.2, -0.15) is 0 Å². The molecule has 1 aliphatic rings. The maximum Gasteiger partial charge on any atom is 0.303 e. The molecule has 2 unspecified atom stereocenters. The molecule has 0 amide bonds. The van der Waals surface area contributed by atoms with Crippen molar-refractivity contribution in [1.29, 1.82) is 0 Å². The van der Waals surface area contributed by atoms with Crippen LogP contribution in [0.2, 0.25) is 0 Å². The average Bonchev–Trinajstić information content (AvgIpc) is 2.68. The summed E-state index contributed by atoms with van der Waals surface area (Å²) in [5.74, 6) is 0.542. The summed E-state index contributed by atoms with van der Waals surface area (Å²) in [6.45, 7) is 3.95. The summed E-state index contributed by atoms with van der Waals surface area (Å²) in [7, 11) is 0. The van der Waals surface area contributed by atoms with Gasteiger partial charge in [0.15, 0.2) is 0 Å². The summed E-state index contributed by atoms with van der Waals surface area (Å²) in [5, 5.41) is 0. The van der Waals surface area contributed by atoms with Crippen molar-refractivity contribution in [3.8, 4) is 0 Å². The van der Waals surface area contributed by atoms with Gasteiger partial charge in [0.05, 0.1) is 12.9 Å². The van der Waals surface area contributed by atoms with Crippen LogP contribution in [0.15, 0.2) is 22.8 Å². The van der Waals surface area contributed by atoms with Crippen LogP contribution in [0.3, 0.4) is 0 Å². The van der Waals surface area contributed by atoms with E-state index in [1.54, 1.807) is 6.26 Å². The molecule has 4 heteroatoms. The minimum absolute atomic E-state index is 0.118. The van der Waals surface area contributed by atoms with Crippen molar-refractivity contribution in [3.05, 3.63) is 24.2 Å². The first-order valence-electron chi connectivity index (χ1n) is 5.44. The molecule has 1 aromatic heterocycles. The van der Waals surface area contributed by atoms with Crippen molar-refractivity contribution in [3.63, 3.8) is 0 Å². The molecule has 2 atom stereocenters. The molecule has 0 spiro atoms. The van der Waals surface area contributed by atoms with E-state index in [9.17, 15) is 4.79 Å². The smallest absolute Gasteiger partial charge is 0.303 e. The zero-order valence-electron chi connectivity index (χ0n) is 9.56. The summed E-state index contributed by atoms with van der Waals surface area (Å²) in [4.78, 5) is 11.0. The Morgan fingerprint density at radius 3 is 3.06 bits per heavy atom. The number of furan rings is 1. The fraction of sp³-hybridized carbons (Fsp3) is 0.583. The third-order valence-electron chi connectivity index (χ3n) is 2.82. The molecule has 0 saturated carbocycles. The quantitative estimate of drug-likeness (QED) is 0.724. The van der Waals surface area contributed by atoms with Gasteiger partial charge in [0.2, 0.25) is 0 Å². The highest BCUT2D eigenvalue weighted by molar-refractivity contribution is 5.66. The fourth-order valence-corrected chi connectivity index (χ4v) is 2.07. The molecule has 0 N–H and O–H groups in total. The van der Waals surface area contributed by atoms with Crippen LogP contribution < -0.4 is 0 Å². The normalized spacial score (nSPS) is 30.0. The van der Waals surface area contributed by atoms with Crippen LogP contribution in [0.5, 0.6) is 0 Å². The topological polar surface area (TPSA) is 48.7 Å². The Labute approximate surface area is 94.5 Å². The molecule has 0 bridgehead atoms. The maximum absolute atomic E-state index is 11.0. The van der Waals surface area contributed by atoms with Crippen LogP contribution in [0.4, 0.5) is 0 Å². The molecular weight excluding hydrogens is 208 g/mol. The summed E-state index contributed by atoms with van der Waals surface area (Å²) in [6.07, 6.45) is 2.87. The monoisotopic (exact) mass is 224 g/mol. The molecule has 1 saturated heterocycles. The third kappa shape index (κ3) is 2.44. The van der Waals surface area contributed by atoms with E-state index in [2.05, 4.69) is 0 Å². The molecule has 88 valence electrons. The molecule has 0 aliphatic carbocycles. The van der Waals surface area contributed by atoms with Crippen LogP contribution >= 0.6 is 0 Å². The van der Waals surface area contributed by atoms with E-state index < -0.39 is 5.60 Å². The van der Waals surface area contributed by atoms with Crippen LogP contribution in [0.25, 0.3) is 0 Å². The van der Waals surface area contributed by atoms with Gasteiger partial charge in [-0.1, -0.05) is 0 Å². The molecule has 16 heavy (non-hydrogen) atoms. The molecule has 2 rings (SSSR count). The fourth-order valence-electron chi connectivity index (χ4n) is 2.07. The van der Waals surface area contributed by atoms with Crippen LogP contribution in [0.1, 0.15) is 38.6 Å². The van der Waals surface area contributed by atoms with Crippen molar-refractivity contribution < 1.29 is 18.7 Å². The largest absolute Gasteiger partial charge is 0.467 e. The number of ether oxygens (including phenoxy) is 2. The van der Waals surface area contributed by atoms with Crippen molar-refractivity contribution in [2.75, 3.05) is 6.61 Å². The highest BCUT2D eigenvalue weighted by Crippen LogP contribution is 2.36. The maximum atomic E-state index is 11.0. The van der Waals surface area contributed by atoms with Gasteiger partial charge in [0.25, 0.3) is 0 Å². The molecule has 0 radical (unpaired) electrons. The van der Waals surface area contributed by atoms with E-state index >= 15 is 0 Å². The minimum atomic E-state index is -0.443. The minimum Gasteiger partial charge on any atom is -0.467 e. The van der Waals surface area contributed by atoms with Gasteiger partial charge in [0.1, 0.15) is 17.5 Å². The summed E-state index contributed by atoms with van der Waals surface area (Å²) in [5.41, 5.74) is -0.443. The highest BCUT2D eigenvalue weighted by Gasteiger charge is 2.37. The van der Waals surface area contributed by atoms with Gasteiger partial charge in [0, 0.05) is 19.8 Å². The SMILES string of the molecule is CC(=O)OC1(C)CCOC(c2ccco2)C1. The first-order valence-corrected chi connectivity index (χ1v) is 5.44. The van der Waals surface area contributed by atoms with Gasteiger partial charge >= 0.3 is 5.97 Å². The second kappa shape index (κ2) is 4.29. The van der Waals surface area contributed by atoms with E-state index in [0.717, 1.165) is 12.2 Å². The van der Waals surface area contributed by atoms with Gasteiger partial charge in [-0.15, -0.1) is 0 Å². The molecule has 0 aromatic carbocycles. The second-order valence-corrected chi connectivity index (χ2v) is 4.37. The van der Waals surface area contributed by atoms with Gasteiger partial charge < -0.3 is 13.9 Å². The predicted octanol–water partition coefficient (Wildman–Crippen LogP) is 2.45. The number of carbonyl (C=O) groups is 1. The average molecular weight is 224 g/mol. The van der Waals surface area contributed by atoms with E-state index in [1.807, 2.05) is 19.1 Å². The molecule has 2 heterocycles. The van der Waals surface area contributed by atoms with E-state index in [0.29, 0.717) is 13.0 Å². The summed E-state index contributed by atoms with van der Waals surface area (Å²) in [6, 6.07) is 3.71. The Bertz CT molecular complexity index is 357. The predicted molar refractivity (Wildman–Crippen MR) is 56.8 cm³/mol. The first kappa shape index (κ1) is 11.2. The van der Waals surface area contributed by atoms with Crippen molar-refractivity contribution in [2.45, 2.75) is 38.4 Å². The van der Waals surface area contributed by atoms with Crippen LogP contribution in [0, 0.1) is 0 Å². The Hall–Kier alpha value is -1.29. The Morgan fingerprint density at radius 1 is 1.62 bits per heavy atom. The van der Waals surface area contributed by atoms with Gasteiger partial charge in [-0.25, -0.2) is 0 Å². The molecule has 1 aliphatic heterocycles. The lowest BCUT2D eigenvalue weighted by molar-refractivity contribution is -0.171. The highest BCUT2D eigenvalue weighted by atomic mass is 16.6.